The maximum absolute atomic E-state index is 12.9. The minimum absolute atomic E-state index is 0.249. The Labute approximate surface area is 97.8 Å². The Balaban J connectivity index is 2.72. The molecule has 1 rings (SSSR count). The van der Waals surface area contributed by atoms with E-state index in [0.717, 1.165) is 6.07 Å². The standard InChI is InChI=1S/C12H15F4N/c1-2-6-17-11(12(14,15)16)8-9-4-3-5-10(13)7-9/h3-5,7,11,17H,2,6,8H2,1H3. The van der Waals surface area contributed by atoms with Crippen molar-refractivity contribution in [2.24, 2.45) is 0 Å². The van der Waals surface area contributed by atoms with Crippen molar-refractivity contribution in [2.45, 2.75) is 32.0 Å². The predicted molar refractivity (Wildman–Crippen MR) is 58.2 cm³/mol. The molecule has 0 aromatic heterocycles. The second kappa shape index (κ2) is 6.00. The van der Waals surface area contributed by atoms with Crippen molar-refractivity contribution in [3.8, 4) is 0 Å². The summed E-state index contributed by atoms with van der Waals surface area (Å²) in [4.78, 5) is 0. The molecule has 5 heteroatoms. The Hall–Kier alpha value is -1.10. The second-order valence-electron chi connectivity index (χ2n) is 3.88. The van der Waals surface area contributed by atoms with Gasteiger partial charge in [0.25, 0.3) is 0 Å². The molecule has 1 aromatic carbocycles. The highest BCUT2D eigenvalue weighted by atomic mass is 19.4. The van der Waals surface area contributed by atoms with Crippen LogP contribution in [0, 0.1) is 5.82 Å². The summed E-state index contributed by atoms with van der Waals surface area (Å²) in [5, 5.41) is 2.43. The number of hydrogen-bond donors (Lipinski definition) is 1. The molecule has 1 unspecified atom stereocenters. The number of rotatable bonds is 5. The first-order chi connectivity index (χ1) is 7.93. The van der Waals surface area contributed by atoms with Gasteiger partial charge in [0.1, 0.15) is 11.9 Å². The number of halogens is 4. The lowest BCUT2D eigenvalue weighted by Crippen LogP contribution is -2.44. The average Bonchev–Trinajstić information content (AvgIpc) is 2.22. The van der Waals surface area contributed by atoms with E-state index in [4.69, 9.17) is 0 Å². The molecule has 0 radical (unpaired) electrons. The van der Waals surface area contributed by atoms with E-state index in [0.29, 0.717) is 18.5 Å². The van der Waals surface area contributed by atoms with Gasteiger partial charge in [-0.05, 0) is 37.1 Å². The van der Waals surface area contributed by atoms with Crippen LogP contribution in [-0.2, 0) is 6.42 Å². The number of nitrogens with one attached hydrogen (secondary N) is 1. The minimum Gasteiger partial charge on any atom is -0.306 e. The summed E-state index contributed by atoms with van der Waals surface area (Å²) >= 11 is 0. The van der Waals surface area contributed by atoms with E-state index in [1.807, 2.05) is 0 Å². The van der Waals surface area contributed by atoms with Crippen LogP contribution in [0.1, 0.15) is 18.9 Å². The van der Waals surface area contributed by atoms with Gasteiger partial charge in [0.05, 0.1) is 0 Å². The summed E-state index contributed by atoms with van der Waals surface area (Å²) in [6, 6.07) is 3.63. The molecule has 0 aliphatic carbocycles. The lowest BCUT2D eigenvalue weighted by molar-refractivity contribution is -0.155. The van der Waals surface area contributed by atoms with Gasteiger partial charge in [-0.2, -0.15) is 13.2 Å². The van der Waals surface area contributed by atoms with Crippen molar-refractivity contribution in [3.05, 3.63) is 35.6 Å². The first kappa shape index (κ1) is 14.0. The van der Waals surface area contributed by atoms with Crippen LogP contribution < -0.4 is 5.32 Å². The van der Waals surface area contributed by atoms with Crippen molar-refractivity contribution in [2.75, 3.05) is 6.54 Å². The number of alkyl halides is 3. The summed E-state index contributed by atoms with van der Waals surface area (Å²) in [5.74, 6) is -0.515. The normalized spacial score (nSPS) is 13.7. The second-order valence-corrected chi connectivity index (χ2v) is 3.88. The molecular formula is C12H15F4N. The number of hydrogen-bond acceptors (Lipinski definition) is 1. The van der Waals surface area contributed by atoms with E-state index in [1.54, 1.807) is 6.92 Å². The van der Waals surface area contributed by atoms with E-state index in [9.17, 15) is 17.6 Å². The third-order valence-electron chi connectivity index (χ3n) is 2.36. The van der Waals surface area contributed by atoms with Gasteiger partial charge in [-0.1, -0.05) is 19.1 Å². The molecule has 1 nitrogen and oxygen atoms in total. The monoisotopic (exact) mass is 249 g/mol. The van der Waals surface area contributed by atoms with Crippen molar-refractivity contribution in [1.29, 1.82) is 0 Å². The molecular weight excluding hydrogens is 234 g/mol. The Morgan fingerprint density at radius 3 is 2.53 bits per heavy atom. The zero-order chi connectivity index (χ0) is 12.9. The summed E-state index contributed by atoms with van der Waals surface area (Å²) in [7, 11) is 0. The maximum atomic E-state index is 12.9. The molecule has 0 amide bonds. The fraction of sp³-hybridized carbons (Fsp3) is 0.500. The molecule has 17 heavy (non-hydrogen) atoms. The maximum Gasteiger partial charge on any atom is 0.404 e. The zero-order valence-corrected chi connectivity index (χ0v) is 9.52. The van der Waals surface area contributed by atoms with Gasteiger partial charge in [0.15, 0.2) is 0 Å². The van der Waals surface area contributed by atoms with Crippen LogP contribution in [0.5, 0.6) is 0 Å². The molecule has 1 N–H and O–H groups in total. The van der Waals surface area contributed by atoms with Crippen LogP contribution in [0.3, 0.4) is 0 Å². The van der Waals surface area contributed by atoms with Crippen LogP contribution in [0.15, 0.2) is 24.3 Å². The quantitative estimate of drug-likeness (QED) is 0.789. The van der Waals surface area contributed by atoms with E-state index in [1.165, 1.54) is 18.2 Å². The molecule has 1 atom stereocenters. The molecule has 0 bridgehead atoms. The van der Waals surface area contributed by atoms with Crippen LogP contribution in [0.2, 0.25) is 0 Å². The fourth-order valence-corrected chi connectivity index (χ4v) is 1.52. The summed E-state index contributed by atoms with van der Waals surface area (Å²) in [6.45, 7) is 2.09. The van der Waals surface area contributed by atoms with E-state index < -0.39 is 18.0 Å². The van der Waals surface area contributed by atoms with Crippen molar-refractivity contribution >= 4 is 0 Å². The first-order valence-corrected chi connectivity index (χ1v) is 5.48. The van der Waals surface area contributed by atoms with Crippen LogP contribution in [-0.4, -0.2) is 18.8 Å². The molecule has 0 saturated heterocycles. The zero-order valence-electron chi connectivity index (χ0n) is 9.52. The third kappa shape index (κ3) is 4.73. The summed E-state index contributed by atoms with van der Waals surface area (Å²) < 4.78 is 50.9. The molecule has 96 valence electrons. The fourth-order valence-electron chi connectivity index (χ4n) is 1.52. The van der Waals surface area contributed by atoms with Crippen LogP contribution in [0.4, 0.5) is 17.6 Å². The molecule has 0 aliphatic rings. The van der Waals surface area contributed by atoms with Gasteiger partial charge in [0.2, 0.25) is 0 Å². The highest BCUT2D eigenvalue weighted by Crippen LogP contribution is 2.23. The third-order valence-corrected chi connectivity index (χ3v) is 2.36. The highest BCUT2D eigenvalue weighted by Gasteiger charge is 2.38. The van der Waals surface area contributed by atoms with Gasteiger partial charge in [-0.3, -0.25) is 0 Å². The van der Waals surface area contributed by atoms with Crippen molar-refractivity contribution < 1.29 is 17.6 Å². The molecule has 0 aliphatic heterocycles. The topological polar surface area (TPSA) is 12.0 Å². The SMILES string of the molecule is CCCNC(Cc1cccc(F)c1)C(F)(F)F. The Morgan fingerprint density at radius 1 is 1.29 bits per heavy atom. The average molecular weight is 249 g/mol. The number of benzene rings is 1. The van der Waals surface area contributed by atoms with Gasteiger partial charge < -0.3 is 5.32 Å². The smallest absolute Gasteiger partial charge is 0.306 e. The highest BCUT2D eigenvalue weighted by molar-refractivity contribution is 5.17. The van der Waals surface area contributed by atoms with E-state index in [2.05, 4.69) is 5.32 Å². The predicted octanol–water partition coefficient (Wildman–Crippen LogP) is 3.30. The first-order valence-electron chi connectivity index (χ1n) is 5.48. The van der Waals surface area contributed by atoms with Gasteiger partial charge >= 0.3 is 6.18 Å². The van der Waals surface area contributed by atoms with Crippen molar-refractivity contribution in [3.63, 3.8) is 0 Å². The van der Waals surface area contributed by atoms with Crippen molar-refractivity contribution in [1.82, 2.24) is 5.32 Å². The van der Waals surface area contributed by atoms with Gasteiger partial charge in [0, 0.05) is 0 Å². The largest absolute Gasteiger partial charge is 0.404 e. The minimum atomic E-state index is -4.32. The van der Waals surface area contributed by atoms with Crippen LogP contribution >= 0.6 is 0 Å². The molecule has 0 saturated carbocycles. The summed E-state index contributed by atoms with van der Waals surface area (Å²) in [6.07, 6.45) is -3.95. The Kier molecular flexibility index (Phi) is 4.93. The molecule has 1 aromatic rings. The summed E-state index contributed by atoms with van der Waals surface area (Å²) in [5.41, 5.74) is 0.343. The van der Waals surface area contributed by atoms with Gasteiger partial charge in [-0.15, -0.1) is 0 Å². The Bertz CT molecular complexity index is 349. The molecule has 0 fully saturated rings. The van der Waals surface area contributed by atoms with E-state index in [-0.39, 0.29) is 6.42 Å². The lowest BCUT2D eigenvalue weighted by Gasteiger charge is -2.21. The van der Waals surface area contributed by atoms with E-state index >= 15 is 0 Å². The molecule has 0 heterocycles. The van der Waals surface area contributed by atoms with Gasteiger partial charge in [-0.25, -0.2) is 4.39 Å². The Morgan fingerprint density at radius 2 is 2.00 bits per heavy atom. The lowest BCUT2D eigenvalue weighted by atomic mass is 10.1. The van der Waals surface area contributed by atoms with Crippen LogP contribution in [0.25, 0.3) is 0 Å². The molecule has 0 spiro atoms.